The van der Waals surface area contributed by atoms with Crippen molar-refractivity contribution in [3.8, 4) is 5.75 Å². The number of carbonyl (C=O) groups excluding carboxylic acids is 1. The standard InChI is InChI=1S/C23H19ClN2O3/c1-15-3-2-4-19(11-15)28-14-22(27)25-18-8-5-16(6-9-18)12-23-26-20-13-17(24)7-10-21(20)29-23/h2-11,13H,12,14H2,1H3,(H,25,27). The van der Waals surface area contributed by atoms with Crippen LogP contribution in [0, 0.1) is 6.92 Å². The Morgan fingerprint density at radius 3 is 2.72 bits per heavy atom. The molecule has 0 fully saturated rings. The molecule has 6 heteroatoms. The van der Waals surface area contributed by atoms with Crippen molar-refractivity contribution >= 4 is 34.3 Å². The average Bonchev–Trinajstić information content (AvgIpc) is 3.09. The largest absolute Gasteiger partial charge is 0.484 e. The number of benzene rings is 3. The van der Waals surface area contributed by atoms with Gasteiger partial charge in [-0.05, 0) is 60.5 Å². The summed E-state index contributed by atoms with van der Waals surface area (Å²) >= 11 is 5.99. The number of carbonyl (C=O) groups is 1. The molecule has 0 saturated carbocycles. The Kier molecular flexibility index (Phi) is 5.49. The van der Waals surface area contributed by atoms with Gasteiger partial charge in [-0.3, -0.25) is 4.79 Å². The number of rotatable bonds is 6. The maximum Gasteiger partial charge on any atom is 0.262 e. The number of anilines is 1. The van der Waals surface area contributed by atoms with E-state index in [4.69, 9.17) is 20.8 Å². The third kappa shape index (κ3) is 4.95. The van der Waals surface area contributed by atoms with Crippen molar-refractivity contribution in [1.29, 1.82) is 0 Å². The Morgan fingerprint density at radius 2 is 1.93 bits per heavy atom. The second-order valence-electron chi connectivity index (χ2n) is 6.75. The highest BCUT2D eigenvalue weighted by atomic mass is 35.5. The Labute approximate surface area is 173 Å². The molecule has 1 aromatic heterocycles. The van der Waals surface area contributed by atoms with E-state index in [1.165, 1.54) is 0 Å². The zero-order valence-electron chi connectivity index (χ0n) is 15.8. The third-order valence-electron chi connectivity index (χ3n) is 4.35. The van der Waals surface area contributed by atoms with Crippen molar-refractivity contribution in [2.75, 3.05) is 11.9 Å². The van der Waals surface area contributed by atoms with Crippen molar-refractivity contribution < 1.29 is 13.9 Å². The molecule has 0 radical (unpaired) electrons. The fraction of sp³-hybridized carbons (Fsp3) is 0.130. The normalized spacial score (nSPS) is 10.8. The molecule has 0 aliphatic heterocycles. The first-order chi connectivity index (χ1) is 14.0. The molecule has 1 amide bonds. The van der Waals surface area contributed by atoms with E-state index in [2.05, 4.69) is 10.3 Å². The van der Waals surface area contributed by atoms with Gasteiger partial charge in [-0.1, -0.05) is 35.9 Å². The molecule has 1 N–H and O–H groups in total. The molecular weight excluding hydrogens is 388 g/mol. The maximum atomic E-state index is 12.1. The smallest absolute Gasteiger partial charge is 0.262 e. The van der Waals surface area contributed by atoms with Gasteiger partial charge in [0.05, 0.1) is 0 Å². The topological polar surface area (TPSA) is 64.4 Å². The molecule has 5 nitrogen and oxygen atoms in total. The number of nitrogens with one attached hydrogen (secondary N) is 1. The molecule has 0 spiro atoms. The van der Waals surface area contributed by atoms with Crippen LogP contribution in [0.15, 0.2) is 71.1 Å². The summed E-state index contributed by atoms with van der Waals surface area (Å²) < 4.78 is 11.3. The Balaban J connectivity index is 1.34. The number of hydrogen-bond acceptors (Lipinski definition) is 4. The van der Waals surface area contributed by atoms with E-state index in [0.29, 0.717) is 34.4 Å². The van der Waals surface area contributed by atoms with E-state index in [1.54, 1.807) is 12.1 Å². The van der Waals surface area contributed by atoms with Gasteiger partial charge in [0.2, 0.25) is 0 Å². The molecule has 0 unspecified atom stereocenters. The summed E-state index contributed by atoms with van der Waals surface area (Å²) in [5, 5.41) is 3.46. The summed E-state index contributed by atoms with van der Waals surface area (Å²) in [6.07, 6.45) is 0.553. The molecule has 0 atom stereocenters. The second kappa shape index (κ2) is 8.37. The van der Waals surface area contributed by atoms with Crippen LogP contribution >= 0.6 is 11.6 Å². The monoisotopic (exact) mass is 406 g/mol. The van der Waals surface area contributed by atoms with E-state index in [0.717, 1.165) is 16.6 Å². The van der Waals surface area contributed by atoms with Gasteiger partial charge in [0, 0.05) is 17.1 Å². The van der Waals surface area contributed by atoms with Gasteiger partial charge < -0.3 is 14.5 Å². The fourth-order valence-electron chi connectivity index (χ4n) is 2.96. The number of nitrogens with zero attached hydrogens (tertiary/aromatic N) is 1. The van der Waals surface area contributed by atoms with E-state index in [9.17, 15) is 4.79 Å². The van der Waals surface area contributed by atoms with Crippen LogP contribution < -0.4 is 10.1 Å². The molecule has 0 aliphatic carbocycles. The minimum atomic E-state index is -0.213. The molecule has 1 heterocycles. The number of oxazole rings is 1. The van der Waals surface area contributed by atoms with Crippen molar-refractivity contribution in [2.45, 2.75) is 13.3 Å². The molecule has 0 saturated heterocycles. The number of ether oxygens (including phenoxy) is 1. The Hall–Kier alpha value is -3.31. The number of aryl methyl sites for hydroxylation is 1. The van der Waals surface area contributed by atoms with Crippen molar-refractivity contribution in [2.24, 2.45) is 0 Å². The number of aromatic nitrogens is 1. The number of hydrogen-bond donors (Lipinski definition) is 1. The molecule has 4 rings (SSSR count). The van der Waals surface area contributed by atoms with Crippen LogP contribution in [0.3, 0.4) is 0 Å². The van der Waals surface area contributed by atoms with Crippen molar-refractivity contribution in [3.05, 3.63) is 88.8 Å². The van der Waals surface area contributed by atoms with Gasteiger partial charge >= 0.3 is 0 Å². The fourth-order valence-corrected chi connectivity index (χ4v) is 3.12. The summed E-state index contributed by atoms with van der Waals surface area (Å²) in [6.45, 7) is 1.93. The number of fused-ring (bicyclic) bond motifs is 1. The highest BCUT2D eigenvalue weighted by molar-refractivity contribution is 6.31. The maximum absolute atomic E-state index is 12.1. The van der Waals surface area contributed by atoms with Crippen LogP contribution in [0.2, 0.25) is 5.02 Å². The third-order valence-corrected chi connectivity index (χ3v) is 4.58. The molecule has 29 heavy (non-hydrogen) atoms. The van der Waals surface area contributed by atoms with Crippen LogP contribution in [0.1, 0.15) is 17.0 Å². The van der Waals surface area contributed by atoms with Crippen LogP contribution in [0.4, 0.5) is 5.69 Å². The summed E-state index contributed by atoms with van der Waals surface area (Å²) in [7, 11) is 0. The zero-order chi connectivity index (χ0) is 20.2. The van der Waals surface area contributed by atoms with E-state index >= 15 is 0 Å². The summed E-state index contributed by atoms with van der Waals surface area (Å²) in [5.74, 6) is 1.08. The van der Waals surface area contributed by atoms with E-state index < -0.39 is 0 Å². The van der Waals surface area contributed by atoms with E-state index in [1.807, 2.05) is 61.5 Å². The lowest BCUT2D eigenvalue weighted by Crippen LogP contribution is -2.20. The minimum Gasteiger partial charge on any atom is -0.484 e. The number of amides is 1. The Morgan fingerprint density at radius 1 is 1.10 bits per heavy atom. The summed E-state index contributed by atoms with van der Waals surface area (Å²) in [6, 6.07) is 20.5. The van der Waals surface area contributed by atoms with Crippen LogP contribution in [-0.2, 0) is 11.2 Å². The SMILES string of the molecule is Cc1cccc(OCC(=O)Nc2ccc(Cc3nc4cc(Cl)ccc4o3)cc2)c1. The van der Waals surface area contributed by atoms with Gasteiger partial charge in [0.15, 0.2) is 18.1 Å². The zero-order valence-corrected chi connectivity index (χ0v) is 16.6. The van der Waals surface area contributed by atoms with Gasteiger partial charge in [-0.2, -0.15) is 0 Å². The van der Waals surface area contributed by atoms with Crippen LogP contribution in [0.25, 0.3) is 11.1 Å². The molecule has 3 aromatic carbocycles. The first-order valence-corrected chi connectivity index (χ1v) is 9.56. The highest BCUT2D eigenvalue weighted by Crippen LogP contribution is 2.22. The molecule has 0 bridgehead atoms. The quantitative estimate of drug-likeness (QED) is 0.465. The van der Waals surface area contributed by atoms with Crippen molar-refractivity contribution in [3.63, 3.8) is 0 Å². The number of halogens is 1. The predicted octanol–water partition coefficient (Wildman–Crippen LogP) is 5.40. The lowest BCUT2D eigenvalue weighted by Gasteiger charge is -2.08. The van der Waals surface area contributed by atoms with Gasteiger partial charge in [0.25, 0.3) is 5.91 Å². The van der Waals surface area contributed by atoms with Gasteiger partial charge in [-0.15, -0.1) is 0 Å². The predicted molar refractivity (Wildman–Crippen MR) is 114 cm³/mol. The highest BCUT2D eigenvalue weighted by Gasteiger charge is 2.08. The summed E-state index contributed by atoms with van der Waals surface area (Å²) in [5.41, 5.74) is 4.26. The Bertz CT molecular complexity index is 1150. The van der Waals surface area contributed by atoms with Gasteiger partial charge in [0.1, 0.15) is 11.3 Å². The summed E-state index contributed by atoms with van der Waals surface area (Å²) in [4.78, 5) is 16.6. The first kappa shape index (κ1) is 19.0. The molecule has 0 aliphatic rings. The first-order valence-electron chi connectivity index (χ1n) is 9.18. The molecule has 146 valence electrons. The minimum absolute atomic E-state index is 0.0450. The van der Waals surface area contributed by atoms with E-state index in [-0.39, 0.29) is 12.5 Å². The van der Waals surface area contributed by atoms with Gasteiger partial charge in [-0.25, -0.2) is 4.98 Å². The lowest BCUT2D eigenvalue weighted by molar-refractivity contribution is -0.118. The second-order valence-corrected chi connectivity index (χ2v) is 7.18. The molecule has 4 aromatic rings. The lowest BCUT2D eigenvalue weighted by atomic mass is 10.1. The van der Waals surface area contributed by atoms with Crippen LogP contribution in [-0.4, -0.2) is 17.5 Å². The van der Waals surface area contributed by atoms with Crippen molar-refractivity contribution in [1.82, 2.24) is 4.98 Å². The average molecular weight is 407 g/mol. The van der Waals surface area contributed by atoms with Crippen LogP contribution in [0.5, 0.6) is 5.75 Å². The molecular formula is C23H19ClN2O3.